The van der Waals surface area contributed by atoms with Crippen LogP contribution in [0.5, 0.6) is 0 Å². The summed E-state index contributed by atoms with van der Waals surface area (Å²) >= 11 is 0. The molecule has 118 valence electrons. The van der Waals surface area contributed by atoms with Crippen molar-refractivity contribution >= 4 is 16.0 Å². The molecule has 0 amide bonds. The van der Waals surface area contributed by atoms with Gasteiger partial charge < -0.3 is 10.1 Å². The first-order valence-electron chi connectivity index (χ1n) is 7.25. The Morgan fingerprint density at radius 1 is 1.29 bits per heavy atom. The molecule has 1 saturated heterocycles. The molecule has 0 aliphatic carbocycles. The predicted octanol–water partition coefficient (Wildman–Crippen LogP) is 1.10. The molecule has 1 aliphatic heterocycles. The maximum atomic E-state index is 12.5. The summed E-state index contributed by atoms with van der Waals surface area (Å²) in [6, 6.07) is 0. The zero-order valence-electron chi connectivity index (χ0n) is 12.4. The number of nitrogens with zero attached hydrogens (tertiary/aromatic N) is 3. The molecular weight excluding hydrogens is 292 g/mol. The van der Waals surface area contributed by atoms with Gasteiger partial charge in [-0.2, -0.15) is 4.31 Å². The molecule has 8 heteroatoms. The fourth-order valence-corrected chi connectivity index (χ4v) is 3.68. The fraction of sp³-hybridized carbons (Fsp3) is 0.692. The first-order chi connectivity index (χ1) is 10.1. The van der Waals surface area contributed by atoms with Crippen molar-refractivity contribution in [1.82, 2.24) is 14.3 Å². The van der Waals surface area contributed by atoms with E-state index in [1.165, 1.54) is 16.7 Å². The second-order valence-electron chi connectivity index (χ2n) is 4.83. The van der Waals surface area contributed by atoms with Crippen LogP contribution in [-0.4, -0.2) is 55.0 Å². The van der Waals surface area contributed by atoms with E-state index < -0.39 is 10.0 Å². The summed E-state index contributed by atoms with van der Waals surface area (Å²) in [7, 11) is -3.51. The number of hydrogen-bond acceptors (Lipinski definition) is 6. The van der Waals surface area contributed by atoms with Crippen LogP contribution in [0.3, 0.4) is 0 Å². The van der Waals surface area contributed by atoms with Gasteiger partial charge in [0.05, 0.1) is 18.5 Å². The zero-order chi connectivity index (χ0) is 15.3. The number of anilines is 1. The quantitative estimate of drug-likeness (QED) is 0.846. The lowest BCUT2D eigenvalue weighted by molar-refractivity contribution is 0.0290. The minimum atomic E-state index is -3.51. The first-order valence-corrected chi connectivity index (χ1v) is 8.69. The Bertz CT molecular complexity index is 539. The summed E-state index contributed by atoms with van der Waals surface area (Å²) < 4.78 is 32.0. The van der Waals surface area contributed by atoms with E-state index in [4.69, 9.17) is 4.74 Å². The van der Waals surface area contributed by atoms with Crippen LogP contribution in [0.2, 0.25) is 0 Å². The Kier molecular flexibility index (Phi) is 5.49. The Balaban J connectivity index is 2.04. The van der Waals surface area contributed by atoms with Gasteiger partial charge in [-0.3, -0.25) is 0 Å². The van der Waals surface area contributed by atoms with E-state index in [1.807, 2.05) is 13.8 Å². The van der Waals surface area contributed by atoms with Gasteiger partial charge in [0.2, 0.25) is 16.0 Å². The van der Waals surface area contributed by atoms with Crippen LogP contribution in [0.25, 0.3) is 0 Å². The average Bonchev–Trinajstić information content (AvgIpc) is 2.49. The number of hydrogen-bond donors (Lipinski definition) is 1. The topological polar surface area (TPSA) is 84.4 Å². The number of aromatic nitrogens is 2. The Labute approximate surface area is 125 Å². The van der Waals surface area contributed by atoms with Gasteiger partial charge in [0.1, 0.15) is 4.90 Å². The van der Waals surface area contributed by atoms with Crippen molar-refractivity contribution in [2.75, 3.05) is 31.6 Å². The number of ether oxygens (including phenoxy) is 1. The minimum absolute atomic E-state index is 0.138. The third kappa shape index (κ3) is 3.90. The molecule has 21 heavy (non-hydrogen) atoms. The summed E-state index contributed by atoms with van der Waals surface area (Å²) in [6.07, 6.45) is 4.32. The maximum absolute atomic E-state index is 12.5. The van der Waals surface area contributed by atoms with Crippen LogP contribution in [0, 0.1) is 0 Å². The third-order valence-electron chi connectivity index (χ3n) is 3.40. The fourth-order valence-electron chi connectivity index (χ4n) is 2.32. The van der Waals surface area contributed by atoms with Crippen molar-refractivity contribution in [2.24, 2.45) is 0 Å². The third-order valence-corrected chi connectivity index (χ3v) is 5.26. The molecule has 0 bridgehead atoms. The van der Waals surface area contributed by atoms with Crippen molar-refractivity contribution in [3.8, 4) is 0 Å². The van der Waals surface area contributed by atoms with Gasteiger partial charge >= 0.3 is 0 Å². The van der Waals surface area contributed by atoms with Gasteiger partial charge in [0, 0.05) is 26.2 Å². The van der Waals surface area contributed by atoms with Gasteiger partial charge in [-0.1, -0.05) is 0 Å². The maximum Gasteiger partial charge on any atom is 0.246 e. The standard InChI is InChI=1S/C13H22N4O3S/c1-3-14-13-15-9-12(10-16-13)21(18,19)17-7-5-11(6-8-17)20-4-2/h9-11H,3-8H2,1-2H3,(H,14,15,16). The number of nitrogens with one attached hydrogen (secondary N) is 1. The summed E-state index contributed by atoms with van der Waals surface area (Å²) in [5.74, 6) is 0.437. The smallest absolute Gasteiger partial charge is 0.246 e. The van der Waals surface area contributed by atoms with Crippen LogP contribution in [0.15, 0.2) is 17.3 Å². The molecular formula is C13H22N4O3S. The lowest BCUT2D eigenvalue weighted by Gasteiger charge is -2.30. The van der Waals surface area contributed by atoms with E-state index in [-0.39, 0.29) is 11.0 Å². The van der Waals surface area contributed by atoms with Crippen molar-refractivity contribution < 1.29 is 13.2 Å². The molecule has 7 nitrogen and oxygen atoms in total. The lowest BCUT2D eigenvalue weighted by atomic mass is 10.1. The molecule has 0 radical (unpaired) electrons. The molecule has 2 rings (SSSR count). The van der Waals surface area contributed by atoms with E-state index in [2.05, 4.69) is 15.3 Å². The molecule has 1 aromatic heterocycles. The molecule has 1 aromatic rings. The van der Waals surface area contributed by atoms with Crippen molar-refractivity contribution in [3.63, 3.8) is 0 Å². The number of rotatable bonds is 6. The molecule has 0 unspecified atom stereocenters. The Hall–Kier alpha value is -1.25. The van der Waals surface area contributed by atoms with Crippen LogP contribution in [0.4, 0.5) is 5.95 Å². The van der Waals surface area contributed by atoms with E-state index in [9.17, 15) is 8.42 Å². The van der Waals surface area contributed by atoms with E-state index in [0.717, 1.165) is 12.8 Å². The van der Waals surface area contributed by atoms with E-state index in [0.29, 0.717) is 32.2 Å². The number of sulfonamides is 1. The van der Waals surface area contributed by atoms with Crippen molar-refractivity contribution in [3.05, 3.63) is 12.4 Å². The van der Waals surface area contributed by atoms with Gasteiger partial charge in [-0.15, -0.1) is 0 Å². The van der Waals surface area contributed by atoms with Gasteiger partial charge in [-0.05, 0) is 26.7 Å². The molecule has 1 aliphatic rings. The van der Waals surface area contributed by atoms with Crippen LogP contribution in [0.1, 0.15) is 26.7 Å². The predicted molar refractivity (Wildman–Crippen MR) is 79.6 cm³/mol. The van der Waals surface area contributed by atoms with Gasteiger partial charge in [-0.25, -0.2) is 18.4 Å². The van der Waals surface area contributed by atoms with Crippen LogP contribution >= 0.6 is 0 Å². The van der Waals surface area contributed by atoms with Crippen molar-refractivity contribution in [2.45, 2.75) is 37.7 Å². The van der Waals surface area contributed by atoms with Crippen molar-refractivity contribution in [1.29, 1.82) is 0 Å². The number of piperidine rings is 1. The largest absolute Gasteiger partial charge is 0.378 e. The summed E-state index contributed by atoms with van der Waals surface area (Å²) in [4.78, 5) is 8.18. The molecule has 0 atom stereocenters. The Morgan fingerprint density at radius 3 is 2.43 bits per heavy atom. The molecule has 1 fully saturated rings. The Morgan fingerprint density at radius 2 is 1.90 bits per heavy atom. The highest BCUT2D eigenvalue weighted by Crippen LogP contribution is 2.21. The lowest BCUT2D eigenvalue weighted by Crippen LogP contribution is -2.40. The summed E-state index contributed by atoms with van der Waals surface area (Å²) in [5, 5.41) is 2.94. The second-order valence-corrected chi connectivity index (χ2v) is 6.77. The monoisotopic (exact) mass is 314 g/mol. The van der Waals surface area contributed by atoms with Crippen LogP contribution < -0.4 is 5.32 Å². The molecule has 0 aromatic carbocycles. The molecule has 2 heterocycles. The van der Waals surface area contributed by atoms with E-state index >= 15 is 0 Å². The highest BCUT2D eigenvalue weighted by Gasteiger charge is 2.30. The van der Waals surface area contributed by atoms with Gasteiger partial charge in [0.25, 0.3) is 0 Å². The SMILES string of the molecule is CCNc1ncc(S(=O)(=O)N2CCC(OCC)CC2)cn1. The minimum Gasteiger partial charge on any atom is -0.378 e. The van der Waals surface area contributed by atoms with Crippen LogP contribution in [-0.2, 0) is 14.8 Å². The van der Waals surface area contributed by atoms with Gasteiger partial charge in [0.15, 0.2) is 0 Å². The second kappa shape index (κ2) is 7.15. The molecule has 0 saturated carbocycles. The average molecular weight is 314 g/mol. The first kappa shape index (κ1) is 16.1. The molecule has 0 spiro atoms. The highest BCUT2D eigenvalue weighted by molar-refractivity contribution is 7.89. The zero-order valence-corrected chi connectivity index (χ0v) is 13.3. The summed E-state index contributed by atoms with van der Waals surface area (Å²) in [6.45, 7) is 6.18. The normalized spacial score (nSPS) is 17.8. The highest BCUT2D eigenvalue weighted by atomic mass is 32.2. The molecule has 1 N–H and O–H groups in total. The summed E-state index contributed by atoms with van der Waals surface area (Å²) in [5.41, 5.74) is 0. The van der Waals surface area contributed by atoms with E-state index in [1.54, 1.807) is 0 Å².